The first kappa shape index (κ1) is 17.7. The second-order valence-electron chi connectivity index (χ2n) is 6.23. The number of rotatable bonds is 5. The van der Waals surface area contributed by atoms with Crippen molar-refractivity contribution in [3.05, 3.63) is 38.9 Å². The van der Waals surface area contributed by atoms with E-state index < -0.39 is 4.92 Å². The second kappa shape index (κ2) is 7.75. The predicted octanol–water partition coefficient (Wildman–Crippen LogP) is 3.10. The van der Waals surface area contributed by atoms with E-state index in [9.17, 15) is 14.9 Å². The summed E-state index contributed by atoms with van der Waals surface area (Å²) < 4.78 is 0. The van der Waals surface area contributed by atoms with E-state index >= 15 is 0 Å². The maximum absolute atomic E-state index is 12.3. The summed E-state index contributed by atoms with van der Waals surface area (Å²) in [6.45, 7) is 6.95. The topological polar surface area (TPSA) is 75.5 Å². The minimum Gasteiger partial charge on any atom is -0.352 e. The van der Waals surface area contributed by atoms with Crippen LogP contribution in [0.1, 0.15) is 37.0 Å². The van der Waals surface area contributed by atoms with Gasteiger partial charge in [0.2, 0.25) is 0 Å². The summed E-state index contributed by atoms with van der Waals surface area (Å²) in [7, 11) is 0. The predicted molar refractivity (Wildman–Crippen MR) is 89.9 cm³/mol. The van der Waals surface area contributed by atoms with E-state index in [-0.39, 0.29) is 22.2 Å². The molecule has 0 aromatic heterocycles. The Labute approximate surface area is 141 Å². The maximum Gasteiger partial charge on any atom is 0.270 e. The van der Waals surface area contributed by atoms with Crippen LogP contribution in [0, 0.1) is 16.0 Å². The minimum atomic E-state index is -0.533. The first-order valence-corrected chi connectivity index (χ1v) is 8.22. The molecule has 0 spiro atoms. The Morgan fingerprint density at radius 1 is 1.52 bits per heavy atom. The number of nitro benzene ring substituents is 1. The number of nitrogens with one attached hydrogen (secondary N) is 1. The maximum atomic E-state index is 12.3. The number of nitro groups is 1. The summed E-state index contributed by atoms with van der Waals surface area (Å²) >= 11 is 5.99. The first-order valence-electron chi connectivity index (χ1n) is 7.84. The Hall–Kier alpha value is -1.66. The summed E-state index contributed by atoms with van der Waals surface area (Å²) in [4.78, 5) is 25.0. The lowest BCUT2D eigenvalue weighted by molar-refractivity contribution is -0.384. The standard InChI is InChI=1S/C16H22ClN3O3/c1-11(2)19-7-3-4-12(10-19)9-18-16(21)14-8-13(20(22)23)5-6-15(14)17/h5-6,8,11-12H,3-4,7,9-10H2,1-2H3,(H,18,21). The molecule has 2 rings (SSSR count). The molecule has 1 N–H and O–H groups in total. The lowest BCUT2D eigenvalue weighted by atomic mass is 9.97. The van der Waals surface area contributed by atoms with Crippen molar-refractivity contribution >= 4 is 23.2 Å². The van der Waals surface area contributed by atoms with Crippen LogP contribution in [0.2, 0.25) is 5.02 Å². The Morgan fingerprint density at radius 3 is 2.91 bits per heavy atom. The van der Waals surface area contributed by atoms with Gasteiger partial charge in [-0.1, -0.05) is 11.6 Å². The van der Waals surface area contributed by atoms with Crippen molar-refractivity contribution in [1.82, 2.24) is 10.2 Å². The van der Waals surface area contributed by atoms with E-state index in [4.69, 9.17) is 11.6 Å². The number of hydrogen-bond donors (Lipinski definition) is 1. The Morgan fingerprint density at radius 2 is 2.26 bits per heavy atom. The van der Waals surface area contributed by atoms with Gasteiger partial charge in [-0.3, -0.25) is 14.9 Å². The average Bonchev–Trinajstić information content (AvgIpc) is 2.53. The second-order valence-corrected chi connectivity index (χ2v) is 6.64. The summed E-state index contributed by atoms with van der Waals surface area (Å²) in [5, 5.41) is 13.9. The van der Waals surface area contributed by atoms with Gasteiger partial charge >= 0.3 is 0 Å². The van der Waals surface area contributed by atoms with Crippen LogP contribution in [0.4, 0.5) is 5.69 Å². The number of halogens is 1. The molecule has 1 amide bonds. The van der Waals surface area contributed by atoms with Gasteiger partial charge in [0.15, 0.2) is 0 Å². The summed E-state index contributed by atoms with van der Waals surface area (Å²) in [6.07, 6.45) is 2.20. The van der Waals surface area contributed by atoms with Gasteiger partial charge in [-0.25, -0.2) is 0 Å². The minimum absolute atomic E-state index is 0.136. The summed E-state index contributed by atoms with van der Waals surface area (Å²) in [5.74, 6) is 0.0351. The van der Waals surface area contributed by atoms with Gasteiger partial charge in [-0.05, 0) is 45.2 Å². The van der Waals surface area contributed by atoms with Gasteiger partial charge in [0, 0.05) is 31.3 Å². The highest BCUT2D eigenvalue weighted by molar-refractivity contribution is 6.33. The van der Waals surface area contributed by atoms with E-state index in [1.165, 1.54) is 18.2 Å². The highest BCUT2D eigenvalue weighted by Crippen LogP contribution is 2.22. The first-order chi connectivity index (χ1) is 10.9. The number of likely N-dealkylation sites (tertiary alicyclic amines) is 1. The van der Waals surface area contributed by atoms with E-state index in [1.807, 2.05) is 0 Å². The van der Waals surface area contributed by atoms with Crippen LogP contribution >= 0.6 is 11.6 Å². The summed E-state index contributed by atoms with van der Waals surface area (Å²) in [5.41, 5.74) is 0.0144. The Balaban J connectivity index is 1.97. The van der Waals surface area contributed by atoms with Crippen LogP contribution < -0.4 is 5.32 Å². The third-order valence-electron chi connectivity index (χ3n) is 4.24. The number of carbonyl (C=O) groups excluding carboxylic acids is 1. The zero-order valence-corrected chi connectivity index (χ0v) is 14.2. The number of nitrogens with zero attached hydrogens (tertiary/aromatic N) is 2. The van der Waals surface area contributed by atoms with Crippen LogP contribution in [0.25, 0.3) is 0 Å². The lowest BCUT2D eigenvalue weighted by Gasteiger charge is -2.35. The van der Waals surface area contributed by atoms with Crippen molar-refractivity contribution in [1.29, 1.82) is 0 Å². The van der Waals surface area contributed by atoms with Crippen molar-refractivity contribution < 1.29 is 9.72 Å². The molecule has 0 saturated carbocycles. The van der Waals surface area contributed by atoms with Crippen LogP contribution in [0.5, 0.6) is 0 Å². The molecule has 1 aliphatic rings. The van der Waals surface area contributed by atoms with E-state index in [1.54, 1.807) is 0 Å². The number of carbonyl (C=O) groups is 1. The lowest BCUT2D eigenvalue weighted by Crippen LogP contribution is -2.43. The van der Waals surface area contributed by atoms with Gasteiger partial charge in [0.1, 0.15) is 0 Å². The smallest absolute Gasteiger partial charge is 0.270 e. The summed E-state index contributed by atoms with van der Waals surface area (Å²) in [6, 6.07) is 4.40. The molecule has 1 heterocycles. The normalized spacial score (nSPS) is 18.9. The van der Waals surface area contributed by atoms with Crippen molar-refractivity contribution in [3.63, 3.8) is 0 Å². The number of benzene rings is 1. The van der Waals surface area contributed by atoms with Crippen molar-refractivity contribution in [3.8, 4) is 0 Å². The molecule has 1 atom stereocenters. The molecule has 1 aromatic rings. The molecule has 126 valence electrons. The quantitative estimate of drug-likeness (QED) is 0.660. The average molecular weight is 340 g/mol. The van der Waals surface area contributed by atoms with E-state index in [2.05, 4.69) is 24.1 Å². The third-order valence-corrected chi connectivity index (χ3v) is 4.57. The number of piperidine rings is 1. The van der Waals surface area contributed by atoms with Gasteiger partial charge in [0.05, 0.1) is 15.5 Å². The molecule has 6 nitrogen and oxygen atoms in total. The molecule has 7 heteroatoms. The largest absolute Gasteiger partial charge is 0.352 e. The SMILES string of the molecule is CC(C)N1CCCC(CNC(=O)c2cc([N+](=O)[O-])ccc2Cl)C1. The number of non-ortho nitro benzene ring substituents is 1. The van der Waals surface area contributed by atoms with Gasteiger partial charge < -0.3 is 10.2 Å². The third kappa shape index (κ3) is 4.65. The van der Waals surface area contributed by atoms with Crippen molar-refractivity contribution in [2.45, 2.75) is 32.7 Å². The van der Waals surface area contributed by atoms with E-state index in [0.29, 0.717) is 18.5 Å². The molecule has 0 radical (unpaired) electrons. The molecule has 1 aliphatic heterocycles. The fourth-order valence-corrected chi connectivity index (χ4v) is 3.07. The Kier molecular flexibility index (Phi) is 5.96. The molecule has 1 fully saturated rings. The van der Waals surface area contributed by atoms with Crippen LogP contribution in [0.15, 0.2) is 18.2 Å². The highest BCUT2D eigenvalue weighted by Gasteiger charge is 2.23. The fourth-order valence-electron chi connectivity index (χ4n) is 2.87. The van der Waals surface area contributed by atoms with E-state index in [0.717, 1.165) is 25.9 Å². The van der Waals surface area contributed by atoms with Crippen LogP contribution in [-0.4, -0.2) is 41.4 Å². The highest BCUT2D eigenvalue weighted by atomic mass is 35.5. The molecule has 23 heavy (non-hydrogen) atoms. The van der Waals surface area contributed by atoms with Crippen LogP contribution in [0.3, 0.4) is 0 Å². The fraction of sp³-hybridized carbons (Fsp3) is 0.562. The molecule has 1 saturated heterocycles. The van der Waals surface area contributed by atoms with Gasteiger partial charge in [-0.15, -0.1) is 0 Å². The van der Waals surface area contributed by atoms with Gasteiger partial charge in [0.25, 0.3) is 11.6 Å². The van der Waals surface area contributed by atoms with Crippen molar-refractivity contribution in [2.24, 2.45) is 5.92 Å². The molecular weight excluding hydrogens is 318 g/mol. The molecule has 1 unspecified atom stereocenters. The molecular formula is C16H22ClN3O3. The zero-order chi connectivity index (χ0) is 17.0. The monoisotopic (exact) mass is 339 g/mol. The van der Waals surface area contributed by atoms with Crippen molar-refractivity contribution in [2.75, 3.05) is 19.6 Å². The zero-order valence-electron chi connectivity index (χ0n) is 13.4. The molecule has 0 aliphatic carbocycles. The number of amides is 1. The molecule has 0 bridgehead atoms. The Bertz CT molecular complexity index is 592. The van der Waals surface area contributed by atoms with Gasteiger partial charge in [-0.2, -0.15) is 0 Å². The molecule has 1 aromatic carbocycles. The number of hydrogen-bond acceptors (Lipinski definition) is 4. The van der Waals surface area contributed by atoms with Crippen LogP contribution in [-0.2, 0) is 0 Å².